The van der Waals surface area contributed by atoms with Gasteiger partial charge in [0.1, 0.15) is 0 Å². The van der Waals surface area contributed by atoms with E-state index < -0.39 is 5.97 Å². The smallest absolute Gasteiger partial charge is 0.328 e. The molecular formula is C12H11NO3S2. The fraction of sp³-hybridized carbons (Fsp3) is 0.167. The lowest BCUT2D eigenvalue weighted by Gasteiger charge is -2.03. The summed E-state index contributed by atoms with van der Waals surface area (Å²) in [6.07, 6.45) is 2.66. The molecule has 0 aliphatic rings. The highest BCUT2D eigenvalue weighted by atomic mass is 32.1. The van der Waals surface area contributed by atoms with Crippen LogP contribution in [0.25, 0.3) is 6.08 Å². The molecule has 2 aromatic rings. The van der Waals surface area contributed by atoms with Crippen molar-refractivity contribution in [2.75, 3.05) is 0 Å². The molecule has 0 unspecified atom stereocenters. The lowest BCUT2D eigenvalue weighted by atomic mass is 10.2. The van der Waals surface area contributed by atoms with Gasteiger partial charge in [-0.1, -0.05) is 11.3 Å². The van der Waals surface area contributed by atoms with Gasteiger partial charge in [0.15, 0.2) is 0 Å². The number of aliphatic carboxylic acids is 1. The van der Waals surface area contributed by atoms with Crippen molar-refractivity contribution in [2.45, 2.75) is 13.5 Å². The summed E-state index contributed by atoms with van der Waals surface area (Å²) in [4.78, 5) is 23.1. The van der Waals surface area contributed by atoms with E-state index in [2.05, 4.69) is 0 Å². The van der Waals surface area contributed by atoms with E-state index in [0.717, 1.165) is 22.2 Å². The Hall–Kier alpha value is -1.66. The zero-order chi connectivity index (χ0) is 13.1. The first-order valence-electron chi connectivity index (χ1n) is 5.20. The summed E-state index contributed by atoms with van der Waals surface area (Å²) >= 11 is 2.69. The molecule has 18 heavy (non-hydrogen) atoms. The number of carbonyl (C=O) groups is 1. The summed E-state index contributed by atoms with van der Waals surface area (Å²) in [5.74, 6) is -0.976. The van der Waals surface area contributed by atoms with Gasteiger partial charge in [-0.15, -0.1) is 11.3 Å². The van der Waals surface area contributed by atoms with Crippen molar-refractivity contribution in [1.29, 1.82) is 0 Å². The summed E-state index contributed by atoms with van der Waals surface area (Å²) < 4.78 is 1.69. The van der Waals surface area contributed by atoms with Crippen LogP contribution in [0.2, 0.25) is 0 Å². The molecule has 0 aliphatic heterocycles. The fourth-order valence-electron chi connectivity index (χ4n) is 1.53. The predicted octanol–water partition coefficient (Wildman–Crippen LogP) is 2.43. The van der Waals surface area contributed by atoms with Crippen LogP contribution in [0.1, 0.15) is 16.1 Å². The quantitative estimate of drug-likeness (QED) is 0.876. The van der Waals surface area contributed by atoms with Crippen LogP contribution in [0, 0.1) is 6.92 Å². The minimum Gasteiger partial charge on any atom is -0.478 e. The Morgan fingerprint density at radius 3 is 2.89 bits per heavy atom. The van der Waals surface area contributed by atoms with Gasteiger partial charge < -0.3 is 5.11 Å². The average Bonchev–Trinajstić information content (AvgIpc) is 2.88. The maximum Gasteiger partial charge on any atom is 0.328 e. The number of thiophene rings is 1. The molecule has 0 atom stereocenters. The third kappa shape index (κ3) is 2.77. The highest BCUT2D eigenvalue weighted by Gasteiger charge is 2.07. The zero-order valence-corrected chi connectivity index (χ0v) is 11.3. The lowest BCUT2D eigenvalue weighted by Crippen LogP contribution is -2.14. The molecule has 0 aliphatic carbocycles. The van der Waals surface area contributed by atoms with Gasteiger partial charge in [-0.3, -0.25) is 9.36 Å². The Kier molecular flexibility index (Phi) is 3.78. The van der Waals surface area contributed by atoms with Crippen LogP contribution >= 0.6 is 22.7 Å². The first-order valence-corrected chi connectivity index (χ1v) is 6.96. The van der Waals surface area contributed by atoms with Gasteiger partial charge in [-0.05, 0) is 30.0 Å². The molecule has 4 nitrogen and oxygen atoms in total. The largest absolute Gasteiger partial charge is 0.478 e. The van der Waals surface area contributed by atoms with E-state index in [1.807, 2.05) is 23.8 Å². The van der Waals surface area contributed by atoms with Crippen LogP contribution in [0.5, 0.6) is 0 Å². The molecule has 1 N–H and O–H groups in total. The van der Waals surface area contributed by atoms with Crippen molar-refractivity contribution in [2.24, 2.45) is 0 Å². The maximum atomic E-state index is 11.6. The number of carboxylic acids is 1. The molecule has 0 saturated carbocycles. The Labute approximate surface area is 111 Å². The van der Waals surface area contributed by atoms with E-state index in [1.165, 1.54) is 22.7 Å². The van der Waals surface area contributed by atoms with Gasteiger partial charge in [0, 0.05) is 22.0 Å². The predicted molar refractivity (Wildman–Crippen MR) is 73.4 cm³/mol. The molecular weight excluding hydrogens is 270 g/mol. The van der Waals surface area contributed by atoms with Gasteiger partial charge in [-0.25, -0.2) is 4.79 Å². The molecule has 0 radical (unpaired) electrons. The second-order valence-electron chi connectivity index (χ2n) is 3.70. The molecule has 0 spiro atoms. The van der Waals surface area contributed by atoms with Gasteiger partial charge >= 0.3 is 10.8 Å². The van der Waals surface area contributed by atoms with E-state index in [9.17, 15) is 9.59 Å². The molecule has 0 saturated heterocycles. The molecule has 2 aromatic heterocycles. The van der Waals surface area contributed by atoms with Crippen molar-refractivity contribution < 1.29 is 9.90 Å². The average molecular weight is 281 g/mol. The number of aryl methyl sites for hydroxylation is 1. The van der Waals surface area contributed by atoms with Crippen molar-refractivity contribution in [3.63, 3.8) is 0 Å². The number of rotatable bonds is 4. The molecule has 0 aromatic carbocycles. The summed E-state index contributed by atoms with van der Waals surface area (Å²) in [5.41, 5.74) is 1.77. The number of carboxylic acid groups (broad SMARTS) is 1. The van der Waals surface area contributed by atoms with Crippen LogP contribution < -0.4 is 4.87 Å². The number of hydrogen-bond donors (Lipinski definition) is 1. The van der Waals surface area contributed by atoms with Crippen molar-refractivity contribution in [3.8, 4) is 0 Å². The van der Waals surface area contributed by atoms with Crippen LogP contribution in [0.3, 0.4) is 0 Å². The van der Waals surface area contributed by atoms with Crippen LogP contribution in [0.4, 0.5) is 0 Å². The molecule has 2 heterocycles. The van der Waals surface area contributed by atoms with Crippen molar-refractivity contribution >= 4 is 34.7 Å². The monoisotopic (exact) mass is 281 g/mol. The lowest BCUT2D eigenvalue weighted by molar-refractivity contribution is -0.131. The SMILES string of the molecule is Cc1csc(=O)n1Cc1sccc1C=CC(=O)O. The minimum absolute atomic E-state index is 0.00839. The van der Waals surface area contributed by atoms with E-state index in [0.29, 0.717) is 6.54 Å². The molecule has 94 valence electrons. The van der Waals surface area contributed by atoms with Gasteiger partial charge in [0.25, 0.3) is 0 Å². The van der Waals surface area contributed by atoms with E-state index in [1.54, 1.807) is 10.6 Å². The van der Waals surface area contributed by atoms with E-state index in [-0.39, 0.29) is 4.87 Å². The van der Waals surface area contributed by atoms with Crippen molar-refractivity contribution in [1.82, 2.24) is 4.57 Å². The normalized spacial score (nSPS) is 11.2. The van der Waals surface area contributed by atoms with Crippen molar-refractivity contribution in [3.05, 3.63) is 48.7 Å². The highest BCUT2D eigenvalue weighted by Crippen LogP contribution is 2.20. The molecule has 2 rings (SSSR count). The number of aromatic nitrogens is 1. The summed E-state index contributed by atoms with van der Waals surface area (Å²) in [6.45, 7) is 2.38. The topological polar surface area (TPSA) is 59.3 Å². The van der Waals surface area contributed by atoms with E-state index in [4.69, 9.17) is 5.11 Å². The highest BCUT2D eigenvalue weighted by molar-refractivity contribution is 7.10. The summed E-state index contributed by atoms with van der Waals surface area (Å²) in [6, 6.07) is 1.85. The number of hydrogen-bond acceptors (Lipinski definition) is 4. The molecule has 0 fully saturated rings. The standard InChI is InChI=1S/C12H11NO3S2/c1-8-7-18-12(16)13(8)6-10-9(4-5-17-10)2-3-11(14)15/h2-5,7H,6H2,1H3,(H,14,15). The zero-order valence-electron chi connectivity index (χ0n) is 9.62. The minimum atomic E-state index is -0.976. The molecule has 6 heteroatoms. The fourth-order valence-corrected chi connectivity index (χ4v) is 3.12. The third-order valence-corrected chi connectivity index (χ3v) is 4.27. The first kappa shape index (κ1) is 12.8. The van der Waals surface area contributed by atoms with Crippen LogP contribution in [-0.2, 0) is 11.3 Å². The Bertz CT molecular complexity index is 648. The molecule has 0 amide bonds. The van der Waals surface area contributed by atoms with Gasteiger partial charge in [0.2, 0.25) is 0 Å². The third-order valence-electron chi connectivity index (χ3n) is 2.46. The molecule has 0 bridgehead atoms. The van der Waals surface area contributed by atoms with Crippen LogP contribution in [0.15, 0.2) is 27.7 Å². The summed E-state index contributed by atoms with van der Waals surface area (Å²) in [7, 11) is 0. The Morgan fingerprint density at radius 2 is 2.28 bits per heavy atom. The van der Waals surface area contributed by atoms with Crippen LogP contribution in [-0.4, -0.2) is 15.6 Å². The van der Waals surface area contributed by atoms with E-state index >= 15 is 0 Å². The summed E-state index contributed by atoms with van der Waals surface area (Å²) in [5, 5.41) is 12.3. The second-order valence-corrected chi connectivity index (χ2v) is 5.52. The Morgan fingerprint density at radius 1 is 1.50 bits per heavy atom. The van der Waals surface area contributed by atoms with Gasteiger partial charge in [0.05, 0.1) is 6.54 Å². The van der Waals surface area contributed by atoms with Gasteiger partial charge in [-0.2, -0.15) is 0 Å². The maximum absolute atomic E-state index is 11.6. The number of nitrogens with zero attached hydrogens (tertiary/aromatic N) is 1. The Balaban J connectivity index is 2.28. The number of thiazole rings is 1. The second kappa shape index (κ2) is 5.32. The first-order chi connectivity index (χ1) is 8.58.